The van der Waals surface area contributed by atoms with Crippen molar-refractivity contribution in [3.63, 3.8) is 0 Å². The standard InChI is InChI=1S/C16H17ClO/c1-16(6-7-16)13-9-12(10-14(17)11-13)15-5-3-2-4-8-18-15/h4-5,8-11H,2-3,6-7H2,1H3. The van der Waals surface area contributed by atoms with Gasteiger partial charge in [-0.25, -0.2) is 0 Å². The molecule has 0 aromatic heterocycles. The highest BCUT2D eigenvalue weighted by molar-refractivity contribution is 6.30. The first-order chi connectivity index (χ1) is 8.67. The largest absolute Gasteiger partial charge is 0.465 e. The number of hydrogen-bond acceptors (Lipinski definition) is 1. The summed E-state index contributed by atoms with van der Waals surface area (Å²) in [6.07, 6.45) is 10.5. The highest BCUT2D eigenvalue weighted by Crippen LogP contribution is 2.48. The molecular weight excluding hydrogens is 244 g/mol. The lowest BCUT2D eigenvalue weighted by molar-refractivity contribution is 0.437. The van der Waals surface area contributed by atoms with Crippen molar-refractivity contribution in [1.82, 2.24) is 0 Å². The molecule has 3 rings (SSSR count). The van der Waals surface area contributed by atoms with Crippen molar-refractivity contribution in [2.45, 2.75) is 38.0 Å². The van der Waals surface area contributed by atoms with Crippen LogP contribution in [0.4, 0.5) is 0 Å². The number of rotatable bonds is 2. The Bertz CT molecular complexity index is 524. The number of ether oxygens (including phenoxy) is 1. The summed E-state index contributed by atoms with van der Waals surface area (Å²) in [4.78, 5) is 0. The first-order valence-corrected chi connectivity index (χ1v) is 6.88. The zero-order valence-corrected chi connectivity index (χ0v) is 11.3. The van der Waals surface area contributed by atoms with Crippen LogP contribution >= 0.6 is 11.6 Å². The molecule has 0 bridgehead atoms. The van der Waals surface area contributed by atoms with Gasteiger partial charge in [0.1, 0.15) is 5.76 Å². The second-order valence-corrected chi connectivity index (χ2v) is 5.86. The SMILES string of the molecule is CC1(c2cc(Cl)cc(C3=CCCC=CO3)c2)CC1. The Labute approximate surface area is 113 Å². The van der Waals surface area contributed by atoms with E-state index in [1.165, 1.54) is 18.4 Å². The summed E-state index contributed by atoms with van der Waals surface area (Å²) in [6, 6.07) is 6.30. The quantitative estimate of drug-likeness (QED) is 0.722. The Kier molecular flexibility index (Phi) is 2.95. The van der Waals surface area contributed by atoms with Crippen molar-refractivity contribution in [3.05, 3.63) is 52.8 Å². The fourth-order valence-corrected chi connectivity index (χ4v) is 2.53. The lowest BCUT2D eigenvalue weighted by atomic mass is 9.96. The Hall–Kier alpha value is -1.21. The van der Waals surface area contributed by atoms with Crippen LogP contribution in [0.3, 0.4) is 0 Å². The fraction of sp³-hybridized carbons (Fsp3) is 0.375. The molecule has 0 N–H and O–H groups in total. The number of halogens is 1. The molecule has 1 aromatic rings. The summed E-state index contributed by atoms with van der Waals surface area (Å²) in [5.74, 6) is 0.928. The Morgan fingerprint density at radius 2 is 2.00 bits per heavy atom. The van der Waals surface area contributed by atoms with Crippen LogP contribution < -0.4 is 0 Å². The number of benzene rings is 1. The molecule has 1 fully saturated rings. The minimum Gasteiger partial charge on any atom is -0.465 e. The number of allylic oxidation sites excluding steroid dienone is 2. The predicted octanol–water partition coefficient (Wildman–Crippen LogP) is 5.06. The molecule has 0 atom stereocenters. The molecule has 0 radical (unpaired) electrons. The maximum absolute atomic E-state index is 6.24. The highest BCUT2D eigenvalue weighted by atomic mass is 35.5. The second-order valence-electron chi connectivity index (χ2n) is 5.42. The molecule has 18 heavy (non-hydrogen) atoms. The van der Waals surface area contributed by atoms with Gasteiger partial charge in [0, 0.05) is 10.6 Å². The van der Waals surface area contributed by atoms with Gasteiger partial charge < -0.3 is 4.74 Å². The highest BCUT2D eigenvalue weighted by Gasteiger charge is 2.39. The topological polar surface area (TPSA) is 9.23 Å². The fourth-order valence-electron chi connectivity index (χ4n) is 2.29. The van der Waals surface area contributed by atoms with E-state index in [1.54, 1.807) is 6.26 Å². The van der Waals surface area contributed by atoms with E-state index in [-0.39, 0.29) is 0 Å². The van der Waals surface area contributed by atoms with E-state index in [0.29, 0.717) is 5.41 Å². The molecule has 1 saturated carbocycles. The normalized spacial score (nSPS) is 20.9. The lowest BCUT2D eigenvalue weighted by Crippen LogP contribution is -2.01. The van der Waals surface area contributed by atoms with Crippen molar-refractivity contribution in [3.8, 4) is 0 Å². The van der Waals surface area contributed by atoms with Crippen LogP contribution in [0.15, 0.2) is 36.6 Å². The van der Waals surface area contributed by atoms with Gasteiger partial charge in [0.2, 0.25) is 0 Å². The summed E-state index contributed by atoms with van der Waals surface area (Å²) in [7, 11) is 0. The van der Waals surface area contributed by atoms with Gasteiger partial charge in [-0.1, -0.05) is 18.5 Å². The van der Waals surface area contributed by atoms with Gasteiger partial charge in [-0.3, -0.25) is 0 Å². The third-order valence-electron chi connectivity index (χ3n) is 3.83. The van der Waals surface area contributed by atoms with E-state index in [0.717, 1.165) is 29.2 Å². The van der Waals surface area contributed by atoms with Crippen LogP contribution in [0, 0.1) is 0 Å². The van der Waals surface area contributed by atoms with Gasteiger partial charge in [0.05, 0.1) is 6.26 Å². The zero-order valence-electron chi connectivity index (χ0n) is 10.6. The molecule has 0 spiro atoms. The van der Waals surface area contributed by atoms with Crippen molar-refractivity contribution in [2.24, 2.45) is 0 Å². The average molecular weight is 261 g/mol. The molecule has 2 aliphatic rings. The van der Waals surface area contributed by atoms with E-state index in [2.05, 4.69) is 31.2 Å². The minimum atomic E-state index is 0.334. The second kappa shape index (κ2) is 4.47. The Balaban J connectivity index is 1.98. The van der Waals surface area contributed by atoms with Crippen LogP contribution in [-0.4, -0.2) is 0 Å². The van der Waals surface area contributed by atoms with Gasteiger partial charge in [0.25, 0.3) is 0 Å². The van der Waals surface area contributed by atoms with Crippen LogP contribution in [-0.2, 0) is 10.2 Å². The summed E-state index contributed by atoms with van der Waals surface area (Å²) in [5.41, 5.74) is 2.76. The summed E-state index contributed by atoms with van der Waals surface area (Å²) >= 11 is 6.24. The van der Waals surface area contributed by atoms with E-state index in [4.69, 9.17) is 16.3 Å². The van der Waals surface area contributed by atoms with Crippen molar-refractivity contribution < 1.29 is 4.74 Å². The van der Waals surface area contributed by atoms with Crippen molar-refractivity contribution >= 4 is 17.4 Å². The molecule has 1 nitrogen and oxygen atoms in total. The molecule has 0 unspecified atom stereocenters. The first kappa shape index (κ1) is 11.9. The monoisotopic (exact) mass is 260 g/mol. The Morgan fingerprint density at radius 3 is 2.78 bits per heavy atom. The van der Waals surface area contributed by atoms with Gasteiger partial charge in [-0.05, 0) is 67.0 Å². The molecule has 0 amide bonds. The van der Waals surface area contributed by atoms with E-state index in [9.17, 15) is 0 Å². The van der Waals surface area contributed by atoms with Crippen LogP contribution in [0.5, 0.6) is 0 Å². The molecule has 2 heteroatoms. The predicted molar refractivity (Wildman–Crippen MR) is 75.5 cm³/mol. The molecule has 94 valence electrons. The van der Waals surface area contributed by atoms with Gasteiger partial charge in [-0.2, -0.15) is 0 Å². The summed E-state index contributed by atoms with van der Waals surface area (Å²) in [5, 5.41) is 0.799. The van der Waals surface area contributed by atoms with Crippen molar-refractivity contribution in [2.75, 3.05) is 0 Å². The van der Waals surface area contributed by atoms with Gasteiger partial charge in [0.15, 0.2) is 0 Å². The van der Waals surface area contributed by atoms with E-state index >= 15 is 0 Å². The molecule has 1 heterocycles. The maximum atomic E-state index is 6.24. The lowest BCUT2D eigenvalue weighted by Gasteiger charge is -2.13. The van der Waals surface area contributed by atoms with Crippen LogP contribution in [0.1, 0.15) is 43.7 Å². The summed E-state index contributed by atoms with van der Waals surface area (Å²) < 4.78 is 5.65. The van der Waals surface area contributed by atoms with Crippen LogP contribution in [0.25, 0.3) is 5.76 Å². The average Bonchev–Trinajstić information content (AvgIpc) is 3.12. The molecular formula is C16H17ClO. The molecule has 0 saturated heterocycles. The first-order valence-electron chi connectivity index (χ1n) is 6.51. The Morgan fingerprint density at radius 1 is 1.17 bits per heavy atom. The smallest absolute Gasteiger partial charge is 0.129 e. The minimum absolute atomic E-state index is 0.334. The molecule has 1 aliphatic heterocycles. The number of hydrogen-bond donors (Lipinski definition) is 0. The van der Waals surface area contributed by atoms with Gasteiger partial charge in [-0.15, -0.1) is 0 Å². The third kappa shape index (κ3) is 2.32. The molecule has 1 aromatic carbocycles. The zero-order chi connectivity index (χ0) is 12.6. The van der Waals surface area contributed by atoms with E-state index < -0.39 is 0 Å². The van der Waals surface area contributed by atoms with E-state index in [1.807, 2.05) is 6.07 Å². The molecule has 1 aliphatic carbocycles. The maximum Gasteiger partial charge on any atom is 0.129 e. The van der Waals surface area contributed by atoms with Crippen molar-refractivity contribution in [1.29, 1.82) is 0 Å². The summed E-state index contributed by atoms with van der Waals surface area (Å²) in [6.45, 7) is 2.30. The van der Waals surface area contributed by atoms with Crippen LogP contribution in [0.2, 0.25) is 5.02 Å². The van der Waals surface area contributed by atoms with Gasteiger partial charge >= 0.3 is 0 Å². The third-order valence-corrected chi connectivity index (χ3v) is 4.05.